The lowest BCUT2D eigenvalue weighted by Gasteiger charge is -2.11. The van der Waals surface area contributed by atoms with Crippen LogP contribution in [-0.2, 0) is 4.79 Å². The van der Waals surface area contributed by atoms with E-state index in [0.29, 0.717) is 17.0 Å². The zero-order chi connectivity index (χ0) is 18.5. The monoisotopic (exact) mass is 347 g/mol. The van der Waals surface area contributed by atoms with Crippen LogP contribution in [0.25, 0.3) is 10.8 Å². The van der Waals surface area contributed by atoms with Crippen LogP contribution in [-0.4, -0.2) is 11.9 Å². The Morgan fingerprint density at radius 2 is 1.65 bits per heavy atom. The van der Waals surface area contributed by atoms with Gasteiger partial charge in [-0.05, 0) is 42.1 Å². The molecule has 0 fully saturated rings. The third-order valence-corrected chi connectivity index (χ3v) is 4.40. The summed E-state index contributed by atoms with van der Waals surface area (Å²) < 4.78 is 5.56. The standard InChI is InChI=1S/C22H21NO3/c1-3-15(2)21(24)23-18-13-11-17(12-14-18)22(25)26-20-10-6-8-16-7-4-5-9-19(16)20/h4-15H,3H2,1-2H3,(H,23,24). The smallest absolute Gasteiger partial charge is 0.343 e. The first-order chi connectivity index (χ1) is 12.6. The minimum Gasteiger partial charge on any atom is -0.422 e. The Morgan fingerprint density at radius 3 is 2.38 bits per heavy atom. The highest BCUT2D eigenvalue weighted by molar-refractivity contribution is 5.96. The molecule has 0 saturated heterocycles. The van der Waals surface area contributed by atoms with Gasteiger partial charge in [-0.25, -0.2) is 4.79 Å². The first-order valence-electron chi connectivity index (χ1n) is 8.69. The summed E-state index contributed by atoms with van der Waals surface area (Å²) in [6.45, 7) is 3.85. The Morgan fingerprint density at radius 1 is 0.962 bits per heavy atom. The van der Waals surface area contributed by atoms with Crippen LogP contribution < -0.4 is 10.1 Å². The van der Waals surface area contributed by atoms with E-state index in [4.69, 9.17) is 4.74 Å². The number of ether oxygens (including phenoxy) is 1. The number of carbonyl (C=O) groups excluding carboxylic acids is 2. The van der Waals surface area contributed by atoms with Crippen molar-refractivity contribution in [2.24, 2.45) is 5.92 Å². The Hall–Kier alpha value is -3.14. The Labute approximate surface area is 152 Å². The van der Waals surface area contributed by atoms with E-state index in [-0.39, 0.29) is 11.8 Å². The molecule has 3 rings (SSSR count). The highest BCUT2D eigenvalue weighted by Crippen LogP contribution is 2.26. The maximum absolute atomic E-state index is 12.4. The van der Waals surface area contributed by atoms with E-state index < -0.39 is 5.97 Å². The van der Waals surface area contributed by atoms with Crippen LogP contribution in [0, 0.1) is 5.92 Å². The van der Waals surface area contributed by atoms with Gasteiger partial charge in [0.05, 0.1) is 5.56 Å². The summed E-state index contributed by atoms with van der Waals surface area (Å²) in [5.41, 5.74) is 1.09. The average molecular weight is 347 g/mol. The van der Waals surface area contributed by atoms with E-state index in [2.05, 4.69) is 5.32 Å². The van der Waals surface area contributed by atoms with Crippen LogP contribution in [0.15, 0.2) is 66.7 Å². The number of amides is 1. The normalized spacial score (nSPS) is 11.8. The van der Waals surface area contributed by atoms with Crippen molar-refractivity contribution >= 4 is 28.3 Å². The van der Waals surface area contributed by atoms with Crippen LogP contribution >= 0.6 is 0 Å². The molecule has 3 aromatic rings. The number of rotatable bonds is 5. The number of anilines is 1. The van der Waals surface area contributed by atoms with Crippen molar-refractivity contribution in [2.45, 2.75) is 20.3 Å². The van der Waals surface area contributed by atoms with Crippen LogP contribution in [0.1, 0.15) is 30.6 Å². The first-order valence-corrected chi connectivity index (χ1v) is 8.69. The van der Waals surface area contributed by atoms with Crippen molar-refractivity contribution < 1.29 is 14.3 Å². The lowest BCUT2D eigenvalue weighted by molar-refractivity contribution is -0.119. The van der Waals surface area contributed by atoms with E-state index in [1.165, 1.54) is 0 Å². The molecule has 0 heterocycles. The van der Waals surface area contributed by atoms with Gasteiger partial charge in [0, 0.05) is 17.0 Å². The second-order valence-electron chi connectivity index (χ2n) is 6.24. The van der Waals surface area contributed by atoms with Gasteiger partial charge >= 0.3 is 5.97 Å². The SMILES string of the molecule is CCC(C)C(=O)Nc1ccc(C(=O)Oc2cccc3ccccc23)cc1. The van der Waals surface area contributed by atoms with Gasteiger partial charge in [0.2, 0.25) is 5.91 Å². The topological polar surface area (TPSA) is 55.4 Å². The van der Waals surface area contributed by atoms with E-state index >= 15 is 0 Å². The number of fused-ring (bicyclic) bond motifs is 1. The van der Waals surface area contributed by atoms with Gasteiger partial charge in [-0.3, -0.25) is 4.79 Å². The number of benzene rings is 3. The van der Waals surface area contributed by atoms with E-state index in [1.54, 1.807) is 30.3 Å². The lowest BCUT2D eigenvalue weighted by atomic mass is 10.1. The molecule has 1 unspecified atom stereocenters. The molecule has 132 valence electrons. The molecular formula is C22H21NO3. The molecule has 26 heavy (non-hydrogen) atoms. The zero-order valence-electron chi connectivity index (χ0n) is 14.9. The van der Waals surface area contributed by atoms with Crippen molar-refractivity contribution in [1.82, 2.24) is 0 Å². The van der Waals surface area contributed by atoms with Gasteiger partial charge in [0.1, 0.15) is 5.75 Å². The molecule has 1 amide bonds. The summed E-state index contributed by atoms with van der Waals surface area (Å²) in [6, 6.07) is 20.1. The third kappa shape index (κ3) is 3.91. The van der Waals surface area contributed by atoms with Gasteiger partial charge in [-0.1, -0.05) is 50.2 Å². The summed E-state index contributed by atoms with van der Waals surface area (Å²) in [4.78, 5) is 24.4. The molecule has 1 atom stereocenters. The second kappa shape index (κ2) is 7.83. The van der Waals surface area contributed by atoms with Gasteiger partial charge in [-0.2, -0.15) is 0 Å². The molecule has 0 aliphatic rings. The quantitative estimate of drug-likeness (QED) is 0.519. The van der Waals surface area contributed by atoms with Crippen LogP contribution in [0.3, 0.4) is 0 Å². The molecule has 0 bridgehead atoms. The molecule has 0 aliphatic carbocycles. The predicted molar refractivity (Wildman–Crippen MR) is 103 cm³/mol. The third-order valence-electron chi connectivity index (χ3n) is 4.40. The number of esters is 1. The summed E-state index contributed by atoms with van der Waals surface area (Å²) in [5.74, 6) is 0.0213. The molecule has 0 saturated carbocycles. The minimum atomic E-state index is -0.429. The Bertz CT molecular complexity index is 926. The molecule has 0 aliphatic heterocycles. The van der Waals surface area contributed by atoms with Gasteiger partial charge in [0.15, 0.2) is 0 Å². The second-order valence-corrected chi connectivity index (χ2v) is 6.24. The Balaban J connectivity index is 1.73. The largest absolute Gasteiger partial charge is 0.422 e. The molecular weight excluding hydrogens is 326 g/mol. The molecule has 3 aromatic carbocycles. The number of nitrogens with one attached hydrogen (secondary N) is 1. The fourth-order valence-corrected chi connectivity index (χ4v) is 2.58. The molecule has 1 N–H and O–H groups in total. The minimum absolute atomic E-state index is 0.0291. The van der Waals surface area contributed by atoms with Gasteiger partial charge in [0.25, 0.3) is 0 Å². The fraction of sp³-hybridized carbons (Fsp3) is 0.182. The van der Waals surface area contributed by atoms with Crippen LogP contribution in [0.2, 0.25) is 0 Å². The van der Waals surface area contributed by atoms with Gasteiger partial charge in [-0.15, -0.1) is 0 Å². The highest BCUT2D eigenvalue weighted by Gasteiger charge is 2.13. The molecule has 0 radical (unpaired) electrons. The summed E-state index contributed by atoms with van der Waals surface area (Å²) in [6.07, 6.45) is 0.779. The highest BCUT2D eigenvalue weighted by atomic mass is 16.5. The van der Waals surface area contributed by atoms with E-state index in [1.807, 2.05) is 50.2 Å². The number of hydrogen-bond acceptors (Lipinski definition) is 3. The van der Waals surface area contributed by atoms with Crippen molar-refractivity contribution in [1.29, 1.82) is 0 Å². The average Bonchev–Trinajstić information content (AvgIpc) is 2.68. The fourth-order valence-electron chi connectivity index (χ4n) is 2.58. The summed E-state index contributed by atoms with van der Waals surface area (Å²) >= 11 is 0. The number of carbonyl (C=O) groups is 2. The predicted octanol–water partition coefficient (Wildman–Crippen LogP) is 5.04. The van der Waals surface area contributed by atoms with Crippen molar-refractivity contribution in [3.63, 3.8) is 0 Å². The first kappa shape index (κ1) is 17.7. The lowest BCUT2D eigenvalue weighted by Crippen LogP contribution is -2.19. The summed E-state index contributed by atoms with van der Waals surface area (Å²) in [5, 5.41) is 4.75. The molecule has 0 spiro atoms. The van der Waals surface area contributed by atoms with Crippen LogP contribution in [0.4, 0.5) is 5.69 Å². The van der Waals surface area contributed by atoms with Crippen molar-refractivity contribution in [2.75, 3.05) is 5.32 Å². The van der Waals surface area contributed by atoms with Crippen molar-refractivity contribution in [3.8, 4) is 5.75 Å². The maximum atomic E-state index is 12.4. The molecule has 4 heteroatoms. The van der Waals surface area contributed by atoms with E-state index in [9.17, 15) is 9.59 Å². The zero-order valence-corrected chi connectivity index (χ0v) is 14.9. The maximum Gasteiger partial charge on any atom is 0.343 e. The Kier molecular flexibility index (Phi) is 5.32. The van der Waals surface area contributed by atoms with Crippen molar-refractivity contribution in [3.05, 3.63) is 72.3 Å². The van der Waals surface area contributed by atoms with Crippen LogP contribution in [0.5, 0.6) is 5.75 Å². The molecule has 4 nitrogen and oxygen atoms in total. The number of hydrogen-bond donors (Lipinski definition) is 1. The molecule has 0 aromatic heterocycles. The van der Waals surface area contributed by atoms with E-state index in [0.717, 1.165) is 17.2 Å². The van der Waals surface area contributed by atoms with Gasteiger partial charge < -0.3 is 10.1 Å². The summed E-state index contributed by atoms with van der Waals surface area (Å²) in [7, 11) is 0.